The van der Waals surface area contributed by atoms with Crippen molar-refractivity contribution in [2.75, 3.05) is 24.2 Å². The van der Waals surface area contributed by atoms with Crippen molar-refractivity contribution in [3.05, 3.63) is 18.6 Å². The van der Waals surface area contributed by atoms with Gasteiger partial charge in [0, 0.05) is 25.3 Å². The van der Waals surface area contributed by atoms with Gasteiger partial charge in [-0.1, -0.05) is 6.92 Å². The Labute approximate surface area is 160 Å². The van der Waals surface area contributed by atoms with Crippen LogP contribution < -0.4 is 15.4 Å². The molecule has 8 nitrogen and oxygen atoms in total. The molecule has 27 heavy (non-hydrogen) atoms. The summed E-state index contributed by atoms with van der Waals surface area (Å²) in [7, 11) is -1.26. The Morgan fingerprint density at radius 1 is 1.37 bits per heavy atom. The Morgan fingerprint density at radius 2 is 2.11 bits per heavy atom. The molecule has 0 amide bonds. The van der Waals surface area contributed by atoms with Gasteiger partial charge in [0.15, 0.2) is 0 Å². The summed E-state index contributed by atoms with van der Waals surface area (Å²) in [6.07, 6.45) is 6.78. The van der Waals surface area contributed by atoms with Gasteiger partial charge in [-0.25, -0.2) is 23.1 Å². The van der Waals surface area contributed by atoms with Gasteiger partial charge in [0.1, 0.15) is 17.8 Å². The second kappa shape index (κ2) is 6.72. The van der Waals surface area contributed by atoms with Gasteiger partial charge in [-0.2, -0.15) is 0 Å². The first-order valence-electron chi connectivity index (χ1n) is 9.49. The maximum absolute atomic E-state index is 12.5. The normalized spacial score (nSPS) is 30.7. The predicted octanol–water partition coefficient (Wildman–Crippen LogP) is 1.22. The van der Waals surface area contributed by atoms with E-state index in [0.717, 1.165) is 42.5 Å². The van der Waals surface area contributed by atoms with Crippen LogP contribution in [0, 0.1) is 11.3 Å². The summed E-state index contributed by atoms with van der Waals surface area (Å²) < 4.78 is 28.0. The molecule has 0 spiro atoms. The molecule has 9 heteroatoms. The average molecular weight is 393 g/mol. The molecule has 2 aromatic rings. The third-order valence-corrected chi connectivity index (χ3v) is 7.88. The third kappa shape index (κ3) is 3.68. The van der Waals surface area contributed by atoms with Gasteiger partial charge in [0.25, 0.3) is 0 Å². The van der Waals surface area contributed by atoms with Gasteiger partial charge >= 0.3 is 0 Å². The van der Waals surface area contributed by atoms with Crippen LogP contribution in [-0.2, 0) is 10.0 Å². The number of sulfonamides is 1. The average Bonchev–Trinajstić information content (AvgIpc) is 3.03. The molecule has 2 fully saturated rings. The van der Waals surface area contributed by atoms with Gasteiger partial charge in [-0.05, 0) is 49.6 Å². The molecule has 2 saturated carbocycles. The number of nitrogens with one attached hydrogen (secondary N) is 2. The standard InChI is InChI=1S/C18H28N6O2S/c1-18(7-12(8-18)9-19)10-27(25,26)23-13-5-14(6-13)24(2)17-15-3-4-20-16(15)21-11-22-17/h3-4,11-14,23H,5-10,19H2,1-2H3,(H,20,21,22). The molecule has 2 aliphatic carbocycles. The van der Waals surface area contributed by atoms with Crippen molar-refractivity contribution in [2.24, 2.45) is 17.1 Å². The van der Waals surface area contributed by atoms with E-state index in [1.54, 1.807) is 6.33 Å². The molecule has 0 unspecified atom stereocenters. The van der Waals surface area contributed by atoms with Crippen molar-refractivity contribution >= 4 is 26.9 Å². The summed E-state index contributed by atoms with van der Waals surface area (Å²) in [5.74, 6) is 1.55. The zero-order chi connectivity index (χ0) is 19.2. The van der Waals surface area contributed by atoms with E-state index in [-0.39, 0.29) is 23.3 Å². The van der Waals surface area contributed by atoms with Gasteiger partial charge in [-0.3, -0.25) is 0 Å². The Bertz CT molecular complexity index is 915. The van der Waals surface area contributed by atoms with Gasteiger partial charge in [0.2, 0.25) is 10.0 Å². The number of hydrogen-bond acceptors (Lipinski definition) is 6. The van der Waals surface area contributed by atoms with Gasteiger partial charge in [0.05, 0.1) is 11.1 Å². The molecule has 2 heterocycles. The maximum Gasteiger partial charge on any atom is 0.212 e. The van der Waals surface area contributed by atoms with Crippen molar-refractivity contribution in [3.63, 3.8) is 0 Å². The lowest BCUT2D eigenvalue weighted by molar-refractivity contribution is 0.106. The zero-order valence-electron chi connectivity index (χ0n) is 15.9. The largest absolute Gasteiger partial charge is 0.356 e. The summed E-state index contributed by atoms with van der Waals surface area (Å²) in [5.41, 5.74) is 6.35. The molecular weight excluding hydrogens is 364 g/mol. The smallest absolute Gasteiger partial charge is 0.212 e. The Morgan fingerprint density at radius 3 is 2.81 bits per heavy atom. The number of aromatic amines is 1. The molecule has 148 valence electrons. The molecule has 2 aromatic heterocycles. The minimum atomic E-state index is -3.27. The highest BCUT2D eigenvalue weighted by Crippen LogP contribution is 2.45. The molecule has 0 bridgehead atoms. The van der Waals surface area contributed by atoms with Crippen LogP contribution in [0.4, 0.5) is 5.82 Å². The number of anilines is 1. The first-order chi connectivity index (χ1) is 12.8. The molecule has 2 aliphatic rings. The number of rotatable bonds is 7. The molecule has 0 atom stereocenters. The van der Waals surface area contributed by atoms with Crippen LogP contribution in [-0.4, -0.2) is 54.8 Å². The first kappa shape index (κ1) is 18.6. The minimum Gasteiger partial charge on any atom is -0.356 e. The van der Waals surface area contributed by atoms with Crippen LogP contribution >= 0.6 is 0 Å². The maximum atomic E-state index is 12.5. The molecule has 4 rings (SSSR count). The highest BCUT2D eigenvalue weighted by atomic mass is 32.2. The minimum absolute atomic E-state index is 0.0000141. The highest BCUT2D eigenvalue weighted by molar-refractivity contribution is 7.89. The van der Waals surface area contributed by atoms with E-state index in [4.69, 9.17) is 5.73 Å². The van der Waals surface area contributed by atoms with Crippen molar-refractivity contribution in [1.29, 1.82) is 0 Å². The lowest BCUT2D eigenvalue weighted by Crippen LogP contribution is -2.55. The fourth-order valence-electron chi connectivity index (χ4n) is 4.69. The van der Waals surface area contributed by atoms with Crippen molar-refractivity contribution in [3.8, 4) is 0 Å². The van der Waals surface area contributed by atoms with E-state index in [9.17, 15) is 8.42 Å². The first-order valence-corrected chi connectivity index (χ1v) is 11.1. The molecular formula is C18H28N6O2S. The monoisotopic (exact) mass is 392 g/mol. The molecule has 0 aromatic carbocycles. The fourth-order valence-corrected chi connectivity index (χ4v) is 6.62. The lowest BCUT2D eigenvalue weighted by atomic mass is 9.64. The molecule has 4 N–H and O–H groups in total. The van der Waals surface area contributed by atoms with E-state index in [1.807, 2.05) is 26.2 Å². The van der Waals surface area contributed by atoms with Crippen molar-refractivity contribution in [2.45, 2.75) is 44.7 Å². The number of nitrogens with zero attached hydrogens (tertiary/aromatic N) is 3. The van der Waals surface area contributed by atoms with Crippen LogP contribution in [0.25, 0.3) is 11.0 Å². The second-order valence-electron chi connectivity index (χ2n) is 8.57. The molecule has 0 radical (unpaired) electrons. The summed E-state index contributed by atoms with van der Waals surface area (Å²) >= 11 is 0. The predicted molar refractivity (Wildman–Crippen MR) is 106 cm³/mol. The van der Waals surface area contributed by atoms with E-state index in [1.165, 1.54) is 0 Å². The molecule has 0 saturated heterocycles. The summed E-state index contributed by atoms with van der Waals surface area (Å²) in [5, 5.41) is 0.983. The fraction of sp³-hybridized carbons (Fsp3) is 0.667. The quantitative estimate of drug-likeness (QED) is 0.652. The van der Waals surface area contributed by atoms with E-state index >= 15 is 0 Å². The lowest BCUT2D eigenvalue weighted by Gasteiger charge is -2.46. The second-order valence-corrected chi connectivity index (χ2v) is 10.3. The highest BCUT2D eigenvalue weighted by Gasteiger charge is 2.44. The molecule has 0 aliphatic heterocycles. The summed E-state index contributed by atoms with van der Waals surface area (Å²) in [6.45, 7) is 2.70. The van der Waals surface area contributed by atoms with Crippen LogP contribution in [0.2, 0.25) is 0 Å². The topological polar surface area (TPSA) is 117 Å². The van der Waals surface area contributed by atoms with E-state index in [2.05, 4.69) is 24.6 Å². The Hall–Kier alpha value is -1.71. The summed E-state index contributed by atoms with van der Waals surface area (Å²) in [6, 6.07) is 2.24. The van der Waals surface area contributed by atoms with Crippen LogP contribution in [0.3, 0.4) is 0 Å². The summed E-state index contributed by atoms with van der Waals surface area (Å²) in [4.78, 5) is 13.8. The van der Waals surface area contributed by atoms with Gasteiger partial charge in [-0.15, -0.1) is 0 Å². The number of fused-ring (bicyclic) bond motifs is 1. The Kier molecular flexibility index (Phi) is 4.64. The van der Waals surface area contributed by atoms with Crippen molar-refractivity contribution < 1.29 is 8.42 Å². The zero-order valence-corrected chi connectivity index (χ0v) is 16.7. The third-order valence-electron chi connectivity index (χ3n) is 6.11. The number of nitrogens with two attached hydrogens (primary N) is 1. The number of hydrogen-bond donors (Lipinski definition) is 3. The van der Waals surface area contributed by atoms with Crippen molar-refractivity contribution in [1.82, 2.24) is 19.7 Å². The van der Waals surface area contributed by atoms with E-state index in [0.29, 0.717) is 12.5 Å². The SMILES string of the molecule is CN(c1ncnc2[nH]ccc12)C1CC(NS(=O)(=O)CC2(C)CC(CN)C2)C1. The van der Waals surface area contributed by atoms with E-state index < -0.39 is 10.0 Å². The van der Waals surface area contributed by atoms with Gasteiger partial charge < -0.3 is 15.6 Å². The Balaban J connectivity index is 1.32. The number of H-pyrrole nitrogens is 1. The van der Waals surface area contributed by atoms with Crippen LogP contribution in [0.15, 0.2) is 18.6 Å². The van der Waals surface area contributed by atoms with Crippen LogP contribution in [0.5, 0.6) is 0 Å². The number of aromatic nitrogens is 3. The van der Waals surface area contributed by atoms with Crippen LogP contribution in [0.1, 0.15) is 32.6 Å².